The van der Waals surface area contributed by atoms with Gasteiger partial charge in [0.15, 0.2) is 5.96 Å². The zero-order valence-electron chi connectivity index (χ0n) is 16.3. The average molecular weight is 440 g/mol. The fourth-order valence-corrected chi connectivity index (χ4v) is 2.95. The molecule has 0 aliphatic carbocycles. The van der Waals surface area contributed by atoms with Crippen molar-refractivity contribution in [1.29, 1.82) is 0 Å². The summed E-state index contributed by atoms with van der Waals surface area (Å²) in [5.41, 5.74) is 1.05. The Morgan fingerprint density at radius 3 is 2.55 bits per heavy atom. The predicted octanol–water partition coefficient (Wildman–Crippen LogP) is 3.06. The lowest BCUT2D eigenvalue weighted by Crippen LogP contribution is -2.40. The predicted molar refractivity (Wildman–Crippen MR) is 118 cm³/mol. The Labute approximate surface area is 181 Å². The van der Waals surface area contributed by atoms with Crippen LogP contribution < -0.4 is 15.4 Å². The summed E-state index contributed by atoms with van der Waals surface area (Å²) in [6.45, 7) is 3.34. The molecule has 6 nitrogen and oxygen atoms in total. The van der Waals surface area contributed by atoms with Gasteiger partial charge >= 0.3 is 0 Å². The number of aliphatic hydroxyl groups excluding tert-OH is 2. The lowest BCUT2D eigenvalue weighted by Gasteiger charge is -2.18. The van der Waals surface area contributed by atoms with Gasteiger partial charge in [0.05, 0.1) is 18.2 Å². The topological polar surface area (TPSA) is 86.1 Å². The molecule has 0 bridgehead atoms. The first-order valence-corrected chi connectivity index (χ1v) is 10.2. The van der Waals surface area contributed by atoms with Crippen molar-refractivity contribution < 1.29 is 14.9 Å². The van der Waals surface area contributed by atoms with Crippen LogP contribution >= 0.6 is 23.2 Å². The molecule has 0 saturated carbocycles. The molecule has 8 heteroatoms. The van der Waals surface area contributed by atoms with Gasteiger partial charge in [0.1, 0.15) is 23.5 Å². The van der Waals surface area contributed by atoms with Gasteiger partial charge in [-0.2, -0.15) is 0 Å². The van der Waals surface area contributed by atoms with E-state index in [4.69, 9.17) is 27.9 Å². The molecular weight excluding hydrogens is 413 g/mol. The summed E-state index contributed by atoms with van der Waals surface area (Å²) in [5.74, 6) is 0.917. The molecule has 2 rings (SSSR count). The molecular formula is C21H27Cl2N3O3. The van der Waals surface area contributed by atoms with Crippen LogP contribution in [0.15, 0.2) is 53.5 Å². The number of guanidine groups is 1. The molecule has 0 amide bonds. The summed E-state index contributed by atoms with van der Waals surface area (Å²) in [7, 11) is 0. The standard InChI is InChI=1S/C21H27Cl2N3O3/c1-2-24-21(25-11-16(13-27)15-7-4-3-5-8-15)26-12-17(28)14-29-19-10-6-9-18(22)20(19)23/h3-10,16-17,27-28H,2,11-14H2,1H3,(H2,24,25,26). The van der Waals surface area contributed by atoms with Crippen molar-refractivity contribution in [2.75, 3.05) is 32.8 Å². The number of ether oxygens (including phenoxy) is 1. The molecule has 0 aromatic heterocycles. The Bertz CT molecular complexity index is 775. The van der Waals surface area contributed by atoms with Crippen molar-refractivity contribution in [3.63, 3.8) is 0 Å². The first-order chi connectivity index (χ1) is 14.0. The average Bonchev–Trinajstić information content (AvgIpc) is 2.74. The Kier molecular flexibility index (Phi) is 10.1. The monoisotopic (exact) mass is 439 g/mol. The fraction of sp³-hybridized carbons (Fsp3) is 0.381. The second-order valence-corrected chi connectivity index (χ2v) is 7.19. The first-order valence-electron chi connectivity index (χ1n) is 9.48. The molecule has 0 heterocycles. The van der Waals surface area contributed by atoms with Gasteiger partial charge in [0.25, 0.3) is 0 Å². The minimum absolute atomic E-state index is 0.0211. The highest BCUT2D eigenvalue weighted by Crippen LogP contribution is 2.31. The number of aliphatic hydroxyl groups is 2. The highest BCUT2D eigenvalue weighted by molar-refractivity contribution is 6.42. The van der Waals surface area contributed by atoms with E-state index in [-0.39, 0.29) is 25.7 Å². The van der Waals surface area contributed by atoms with E-state index in [0.717, 1.165) is 5.56 Å². The van der Waals surface area contributed by atoms with Gasteiger partial charge in [0.2, 0.25) is 0 Å². The summed E-state index contributed by atoms with van der Waals surface area (Å²) >= 11 is 12.0. The second-order valence-electron chi connectivity index (χ2n) is 6.41. The normalized spacial score (nSPS) is 13.6. The van der Waals surface area contributed by atoms with Crippen LogP contribution in [0.5, 0.6) is 5.75 Å². The minimum atomic E-state index is -0.816. The number of benzene rings is 2. The second kappa shape index (κ2) is 12.5. The minimum Gasteiger partial charge on any atom is -0.489 e. The van der Waals surface area contributed by atoms with Crippen LogP contribution in [0.4, 0.5) is 0 Å². The van der Waals surface area contributed by atoms with E-state index in [0.29, 0.717) is 34.8 Å². The van der Waals surface area contributed by atoms with Crippen molar-refractivity contribution in [3.8, 4) is 5.75 Å². The van der Waals surface area contributed by atoms with Crippen LogP contribution in [-0.2, 0) is 0 Å². The zero-order chi connectivity index (χ0) is 21.1. The smallest absolute Gasteiger partial charge is 0.191 e. The largest absolute Gasteiger partial charge is 0.489 e. The van der Waals surface area contributed by atoms with Crippen LogP contribution in [0.2, 0.25) is 10.0 Å². The number of nitrogens with zero attached hydrogens (tertiary/aromatic N) is 1. The molecule has 29 heavy (non-hydrogen) atoms. The van der Waals surface area contributed by atoms with E-state index in [2.05, 4.69) is 15.6 Å². The number of aliphatic imine (C=N–C) groups is 1. The highest BCUT2D eigenvalue weighted by Gasteiger charge is 2.12. The number of halogens is 2. The summed E-state index contributed by atoms with van der Waals surface area (Å²) in [5, 5.41) is 26.9. The van der Waals surface area contributed by atoms with Crippen molar-refractivity contribution >= 4 is 29.2 Å². The Morgan fingerprint density at radius 1 is 1.10 bits per heavy atom. The van der Waals surface area contributed by atoms with Crippen molar-refractivity contribution in [1.82, 2.24) is 10.6 Å². The van der Waals surface area contributed by atoms with E-state index in [1.165, 1.54) is 0 Å². The molecule has 2 aromatic rings. The van der Waals surface area contributed by atoms with Crippen LogP contribution in [0.25, 0.3) is 0 Å². The van der Waals surface area contributed by atoms with Gasteiger partial charge in [-0.3, -0.25) is 4.99 Å². The van der Waals surface area contributed by atoms with Gasteiger partial charge < -0.3 is 25.6 Å². The van der Waals surface area contributed by atoms with E-state index in [1.807, 2.05) is 37.3 Å². The number of nitrogens with one attached hydrogen (secondary N) is 2. The third-order valence-electron chi connectivity index (χ3n) is 4.16. The fourth-order valence-electron chi connectivity index (χ4n) is 2.61. The third-order valence-corrected chi connectivity index (χ3v) is 4.96. The summed E-state index contributed by atoms with van der Waals surface area (Å²) < 4.78 is 5.54. The van der Waals surface area contributed by atoms with Gasteiger partial charge in [-0.25, -0.2) is 0 Å². The van der Waals surface area contributed by atoms with Crippen LogP contribution in [-0.4, -0.2) is 55.1 Å². The molecule has 2 atom stereocenters. The van der Waals surface area contributed by atoms with Crippen LogP contribution in [0.3, 0.4) is 0 Å². The van der Waals surface area contributed by atoms with E-state index in [9.17, 15) is 10.2 Å². The summed E-state index contributed by atoms with van der Waals surface area (Å²) in [4.78, 5) is 4.39. The quantitative estimate of drug-likeness (QED) is 0.337. The number of hydrogen-bond acceptors (Lipinski definition) is 4. The molecule has 4 N–H and O–H groups in total. The summed E-state index contributed by atoms with van der Waals surface area (Å²) in [6, 6.07) is 14.9. The molecule has 0 spiro atoms. The first kappa shape index (κ1) is 23.3. The molecule has 0 saturated heterocycles. The maximum atomic E-state index is 10.2. The maximum absolute atomic E-state index is 10.2. The highest BCUT2D eigenvalue weighted by atomic mass is 35.5. The lowest BCUT2D eigenvalue weighted by atomic mass is 10.0. The molecule has 0 aliphatic heterocycles. The SMILES string of the molecule is CCNC(=NCC(O)COc1cccc(Cl)c1Cl)NCC(CO)c1ccccc1. The van der Waals surface area contributed by atoms with E-state index >= 15 is 0 Å². The van der Waals surface area contributed by atoms with Gasteiger partial charge in [-0.05, 0) is 24.6 Å². The zero-order valence-corrected chi connectivity index (χ0v) is 17.8. The molecule has 2 unspecified atom stereocenters. The van der Waals surface area contributed by atoms with Crippen molar-refractivity contribution in [3.05, 3.63) is 64.1 Å². The van der Waals surface area contributed by atoms with E-state index in [1.54, 1.807) is 18.2 Å². The van der Waals surface area contributed by atoms with Gasteiger partial charge in [0, 0.05) is 19.0 Å². The Balaban J connectivity index is 1.87. The Hall–Kier alpha value is -1.99. The molecule has 158 valence electrons. The Morgan fingerprint density at radius 2 is 1.86 bits per heavy atom. The van der Waals surface area contributed by atoms with Crippen molar-refractivity contribution in [2.24, 2.45) is 4.99 Å². The maximum Gasteiger partial charge on any atom is 0.191 e. The van der Waals surface area contributed by atoms with Gasteiger partial charge in [-0.1, -0.05) is 59.6 Å². The van der Waals surface area contributed by atoms with Gasteiger partial charge in [-0.15, -0.1) is 0 Å². The molecule has 2 aromatic carbocycles. The summed E-state index contributed by atoms with van der Waals surface area (Å²) in [6.07, 6.45) is -0.816. The van der Waals surface area contributed by atoms with Crippen molar-refractivity contribution in [2.45, 2.75) is 18.9 Å². The van der Waals surface area contributed by atoms with E-state index < -0.39 is 6.10 Å². The van der Waals surface area contributed by atoms with Crippen LogP contribution in [0, 0.1) is 0 Å². The number of rotatable bonds is 10. The van der Waals surface area contributed by atoms with Crippen LogP contribution in [0.1, 0.15) is 18.4 Å². The molecule has 0 radical (unpaired) electrons. The molecule has 0 aliphatic rings. The number of hydrogen-bond donors (Lipinski definition) is 4. The lowest BCUT2D eigenvalue weighted by molar-refractivity contribution is 0.114. The molecule has 0 fully saturated rings. The third kappa shape index (κ3) is 7.74.